The van der Waals surface area contributed by atoms with Gasteiger partial charge in [0.1, 0.15) is 17.2 Å². The summed E-state index contributed by atoms with van der Waals surface area (Å²) in [7, 11) is 4.95. The van der Waals surface area contributed by atoms with Crippen molar-refractivity contribution in [3.05, 3.63) is 58.5 Å². The number of nitrogens with zero attached hydrogens (tertiary/aromatic N) is 5. The zero-order valence-electron chi connectivity index (χ0n) is 18.8. The summed E-state index contributed by atoms with van der Waals surface area (Å²) in [5.74, 6) is 1.86. The average Bonchev–Trinajstić information content (AvgIpc) is 3.63. The van der Waals surface area contributed by atoms with Gasteiger partial charge < -0.3 is 14.8 Å². The highest BCUT2D eigenvalue weighted by Gasteiger charge is 2.18. The molecule has 0 aliphatic carbocycles. The summed E-state index contributed by atoms with van der Waals surface area (Å²) in [4.78, 5) is 19.4. The maximum atomic E-state index is 12.9. The summed E-state index contributed by atoms with van der Waals surface area (Å²) in [5, 5.41) is 16.2. The van der Waals surface area contributed by atoms with Gasteiger partial charge in [0.05, 0.1) is 30.5 Å². The van der Waals surface area contributed by atoms with Crippen molar-refractivity contribution in [1.82, 2.24) is 29.7 Å². The van der Waals surface area contributed by atoms with Gasteiger partial charge in [-0.1, -0.05) is 6.07 Å². The van der Waals surface area contributed by atoms with Crippen LogP contribution in [-0.2, 0) is 13.5 Å². The summed E-state index contributed by atoms with van der Waals surface area (Å²) in [6.45, 7) is 0.460. The Hall–Kier alpha value is -3.70. The van der Waals surface area contributed by atoms with Gasteiger partial charge in [-0.25, -0.2) is 4.52 Å². The number of carbonyl (C=O) groups excluding carboxylic acids is 1. The van der Waals surface area contributed by atoms with Crippen LogP contribution in [0.15, 0.2) is 47.2 Å². The number of methoxy groups -OCH3 is 2. The third-order valence-corrected chi connectivity index (χ3v) is 7.08. The van der Waals surface area contributed by atoms with Crippen molar-refractivity contribution in [2.45, 2.75) is 6.42 Å². The number of hydrogen-bond acceptors (Lipinski definition) is 8. The normalized spacial score (nSPS) is 11.1. The lowest BCUT2D eigenvalue weighted by Gasteiger charge is -2.08. The molecule has 34 heavy (non-hydrogen) atoms. The van der Waals surface area contributed by atoms with Gasteiger partial charge in [-0.05, 0) is 35.7 Å². The SMILES string of the molecule is COc1ccc(OC)c(-c2cc(C(=O)NCCc3csc4nc(-c5cccs5)nn34)n(C)n2)c1. The molecule has 0 saturated heterocycles. The highest BCUT2D eigenvalue weighted by atomic mass is 32.1. The molecule has 0 saturated carbocycles. The van der Waals surface area contributed by atoms with Crippen LogP contribution in [0.4, 0.5) is 0 Å². The third kappa shape index (κ3) is 4.15. The Bertz CT molecular complexity index is 1450. The molecule has 4 heterocycles. The van der Waals surface area contributed by atoms with E-state index in [2.05, 4.69) is 20.5 Å². The van der Waals surface area contributed by atoms with Gasteiger partial charge in [0.2, 0.25) is 4.96 Å². The highest BCUT2D eigenvalue weighted by Crippen LogP contribution is 2.33. The van der Waals surface area contributed by atoms with Crippen molar-refractivity contribution >= 4 is 33.5 Å². The van der Waals surface area contributed by atoms with Gasteiger partial charge in [-0.15, -0.1) is 27.8 Å². The van der Waals surface area contributed by atoms with Crippen LogP contribution in [0, 0.1) is 0 Å². The van der Waals surface area contributed by atoms with Crippen LogP contribution >= 0.6 is 22.7 Å². The number of rotatable bonds is 8. The van der Waals surface area contributed by atoms with Crippen molar-refractivity contribution in [3.8, 4) is 33.5 Å². The Kier molecular flexibility index (Phi) is 6.03. The quantitative estimate of drug-likeness (QED) is 0.351. The molecule has 0 aliphatic rings. The van der Waals surface area contributed by atoms with E-state index in [4.69, 9.17) is 9.47 Å². The van der Waals surface area contributed by atoms with E-state index in [0.717, 1.165) is 26.9 Å². The van der Waals surface area contributed by atoms with Crippen molar-refractivity contribution in [2.24, 2.45) is 7.05 Å². The Morgan fingerprint density at radius 3 is 2.76 bits per heavy atom. The number of aromatic nitrogens is 5. The first kappa shape index (κ1) is 22.1. The number of amides is 1. The number of hydrogen-bond donors (Lipinski definition) is 1. The summed E-state index contributed by atoms with van der Waals surface area (Å²) in [6.07, 6.45) is 0.632. The number of nitrogens with one attached hydrogen (secondary N) is 1. The fraction of sp³-hybridized carbons (Fsp3) is 0.217. The zero-order chi connectivity index (χ0) is 23.7. The molecular formula is C23H22N6O3S2. The van der Waals surface area contributed by atoms with E-state index in [1.165, 1.54) is 0 Å². The minimum absolute atomic E-state index is 0.201. The molecule has 174 valence electrons. The molecule has 5 rings (SSSR count). The van der Waals surface area contributed by atoms with Crippen molar-refractivity contribution in [1.29, 1.82) is 0 Å². The molecule has 1 aromatic carbocycles. The van der Waals surface area contributed by atoms with E-state index in [-0.39, 0.29) is 5.91 Å². The number of carbonyl (C=O) groups is 1. The van der Waals surface area contributed by atoms with Gasteiger partial charge in [0, 0.05) is 31.0 Å². The minimum atomic E-state index is -0.201. The van der Waals surface area contributed by atoms with Gasteiger partial charge in [0.15, 0.2) is 5.82 Å². The van der Waals surface area contributed by atoms with Crippen LogP contribution < -0.4 is 14.8 Å². The maximum absolute atomic E-state index is 12.9. The molecule has 0 atom stereocenters. The number of thiophene rings is 1. The topological polar surface area (TPSA) is 95.6 Å². The van der Waals surface area contributed by atoms with Crippen LogP contribution in [0.3, 0.4) is 0 Å². The van der Waals surface area contributed by atoms with Crippen LogP contribution in [-0.4, -0.2) is 51.1 Å². The molecule has 0 radical (unpaired) electrons. The minimum Gasteiger partial charge on any atom is -0.497 e. The molecule has 5 aromatic rings. The molecule has 4 aromatic heterocycles. The van der Waals surface area contributed by atoms with Crippen LogP contribution in [0.25, 0.3) is 26.9 Å². The predicted molar refractivity (Wildman–Crippen MR) is 132 cm³/mol. The first-order valence-corrected chi connectivity index (χ1v) is 12.2. The Morgan fingerprint density at radius 1 is 1.12 bits per heavy atom. The van der Waals surface area contributed by atoms with Crippen LogP contribution in [0.1, 0.15) is 16.2 Å². The summed E-state index contributed by atoms with van der Waals surface area (Å²) in [6, 6.07) is 11.2. The Labute approximate surface area is 203 Å². The smallest absolute Gasteiger partial charge is 0.269 e. The molecule has 0 aliphatic heterocycles. The monoisotopic (exact) mass is 494 g/mol. The van der Waals surface area contributed by atoms with E-state index in [1.54, 1.807) is 54.7 Å². The molecule has 1 amide bonds. The van der Waals surface area contributed by atoms with Gasteiger partial charge in [-0.3, -0.25) is 9.48 Å². The van der Waals surface area contributed by atoms with Gasteiger partial charge in [0.25, 0.3) is 5.91 Å². The third-order valence-electron chi connectivity index (χ3n) is 5.35. The van der Waals surface area contributed by atoms with E-state index in [1.807, 2.05) is 45.6 Å². The first-order valence-electron chi connectivity index (χ1n) is 10.5. The van der Waals surface area contributed by atoms with Crippen molar-refractivity contribution in [2.75, 3.05) is 20.8 Å². The lowest BCUT2D eigenvalue weighted by molar-refractivity contribution is 0.0944. The average molecular weight is 495 g/mol. The molecule has 11 heteroatoms. The van der Waals surface area contributed by atoms with E-state index >= 15 is 0 Å². The molecule has 0 bridgehead atoms. The number of fused-ring (bicyclic) bond motifs is 1. The van der Waals surface area contributed by atoms with Crippen LogP contribution in [0.2, 0.25) is 0 Å². The second-order valence-electron chi connectivity index (χ2n) is 7.44. The van der Waals surface area contributed by atoms with E-state index < -0.39 is 0 Å². The van der Waals surface area contributed by atoms with Gasteiger partial charge >= 0.3 is 0 Å². The number of benzene rings is 1. The molecule has 0 spiro atoms. The second-order valence-corrected chi connectivity index (χ2v) is 9.23. The Balaban J connectivity index is 1.28. The standard InChI is InChI=1S/C23H22N6O3S2/c1-28-18(12-17(26-28)16-11-15(31-2)6-7-19(16)32-3)22(30)24-9-8-14-13-34-23-25-21(27-29(14)23)20-5-4-10-33-20/h4-7,10-13H,8-9H2,1-3H3,(H,24,30). The van der Waals surface area contributed by atoms with Crippen LogP contribution in [0.5, 0.6) is 11.5 Å². The lowest BCUT2D eigenvalue weighted by Crippen LogP contribution is -2.27. The summed E-state index contributed by atoms with van der Waals surface area (Å²) < 4.78 is 14.2. The second kappa shape index (κ2) is 9.27. The maximum Gasteiger partial charge on any atom is 0.269 e. The van der Waals surface area contributed by atoms with Crippen molar-refractivity contribution < 1.29 is 14.3 Å². The fourth-order valence-corrected chi connectivity index (χ4v) is 5.14. The van der Waals surface area contributed by atoms with E-state index in [0.29, 0.717) is 35.9 Å². The molecule has 9 nitrogen and oxygen atoms in total. The first-order chi connectivity index (χ1) is 16.6. The van der Waals surface area contributed by atoms with E-state index in [9.17, 15) is 4.79 Å². The highest BCUT2D eigenvalue weighted by molar-refractivity contribution is 7.15. The number of ether oxygens (including phenoxy) is 2. The summed E-state index contributed by atoms with van der Waals surface area (Å²) in [5.41, 5.74) is 2.84. The number of thiazole rings is 1. The molecule has 0 unspecified atom stereocenters. The summed E-state index contributed by atoms with van der Waals surface area (Å²) >= 11 is 3.15. The lowest BCUT2D eigenvalue weighted by atomic mass is 10.1. The number of aryl methyl sites for hydroxylation is 1. The zero-order valence-corrected chi connectivity index (χ0v) is 20.4. The fourth-order valence-electron chi connectivity index (χ4n) is 3.63. The Morgan fingerprint density at radius 2 is 2.00 bits per heavy atom. The predicted octanol–water partition coefficient (Wildman–Crippen LogP) is 3.91. The van der Waals surface area contributed by atoms with Gasteiger partial charge in [-0.2, -0.15) is 10.1 Å². The molecule has 1 N–H and O–H groups in total. The molecule has 0 fully saturated rings. The molecular weight excluding hydrogens is 472 g/mol. The largest absolute Gasteiger partial charge is 0.497 e. The van der Waals surface area contributed by atoms with Crippen molar-refractivity contribution in [3.63, 3.8) is 0 Å².